The fourth-order valence-corrected chi connectivity index (χ4v) is 1.63. The van der Waals surface area contributed by atoms with Gasteiger partial charge < -0.3 is 16.0 Å². The molecule has 1 amide bonds. The van der Waals surface area contributed by atoms with Gasteiger partial charge in [-0.3, -0.25) is 4.79 Å². The highest BCUT2D eigenvalue weighted by molar-refractivity contribution is 5.84. The molecule has 0 aromatic carbocycles. The van der Waals surface area contributed by atoms with Crippen molar-refractivity contribution in [3.63, 3.8) is 0 Å². The number of anilines is 2. The summed E-state index contributed by atoms with van der Waals surface area (Å²) in [4.78, 5) is 13.3. The Morgan fingerprint density at radius 2 is 2.18 bits per heavy atom. The minimum atomic E-state index is -0.325. The normalized spacial score (nSPS) is 12.3. The van der Waals surface area contributed by atoms with Crippen LogP contribution in [0.4, 0.5) is 11.5 Å². The lowest BCUT2D eigenvalue weighted by Crippen LogP contribution is -2.37. The van der Waals surface area contributed by atoms with Crippen LogP contribution in [0.3, 0.4) is 0 Å². The predicted molar refractivity (Wildman–Crippen MR) is 68.8 cm³/mol. The predicted octanol–water partition coefficient (Wildman–Crippen LogP) is 0.682. The summed E-state index contributed by atoms with van der Waals surface area (Å²) >= 11 is 0. The molecule has 1 unspecified atom stereocenters. The number of amides is 1. The molecule has 3 N–H and O–H groups in total. The molecule has 1 aromatic rings. The van der Waals surface area contributed by atoms with Gasteiger partial charge in [0.05, 0.1) is 11.4 Å². The van der Waals surface area contributed by atoms with Crippen LogP contribution in [0.15, 0.2) is 0 Å². The van der Waals surface area contributed by atoms with Crippen LogP contribution in [-0.4, -0.2) is 40.7 Å². The third-order valence-corrected chi connectivity index (χ3v) is 2.64. The molecular formula is C11H21N5O. The molecule has 0 bridgehead atoms. The minimum absolute atomic E-state index is 0.00547. The van der Waals surface area contributed by atoms with Crippen molar-refractivity contribution in [3.05, 3.63) is 5.69 Å². The molecule has 1 rings (SSSR count). The summed E-state index contributed by atoms with van der Waals surface area (Å²) in [7, 11) is 3.46. The van der Waals surface area contributed by atoms with Crippen LogP contribution < -0.4 is 11.1 Å². The number of carbonyl (C=O) groups is 1. The second-order valence-electron chi connectivity index (χ2n) is 4.26. The van der Waals surface area contributed by atoms with Gasteiger partial charge in [0.1, 0.15) is 11.9 Å². The van der Waals surface area contributed by atoms with Crippen molar-refractivity contribution < 1.29 is 4.79 Å². The summed E-state index contributed by atoms with van der Waals surface area (Å²) in [5.74, 6) is 0.721. The quantitative estimate of drug-likeness (QED) is 0.810. The van der Waals surface area contributed by atoms with Crippen LogP contribution in [0, 0.1) is 6.92 Å². The number of likely N-dealkylation sites (N-methyl/N-ethyl adjacent to an activating group) is 1. The lowest BCUT2D eigenvalue weighted by molar-refractivity contribution is -0.129. The average molecular weight is 239 g/mol. The number of aromatic nitrogens is 2. The number of carbonyl (C=O) groups excluding carboxylic acids is 1. The topological polar surface area (TPSA) is 76.2 Å². The SMILES string of the molecule is CCn1nc(C)c(N)c1NC(C)C(=O)N(C)C. The van der Waals surface area contributed by atoms with Gasteiger partial charge in [-0.05, 0) is 20.8 Å². The first kappa shape index (κ1) is 13.3. The van der Waals surface area contributed by atoms with E-state index in [-0.39, 0.29) is 11.9 Å². The van der Waals surface area contributed by atoms with Gasteiger partial charge in [0, 0.05) is 20.6 Å². The van der Waals surface area contributed by atoms with Crippen LogP contribution in [0.2, 0.25) is 0 Å². The largest absolute Gasteiger partial charge is 0.394 e. The van der Waals surface area contributed by atoms with Gasteiger partial charge in [-0.1, -0.05) is 0 Å². The molecule has 1 heterocycles. The van der Waals surface area contributed by atoms with Crippen LogP contribution in [-0.2, 0) is 11.3 Å². The average Bonchev–Trinajstić information content (AvgIpc) is 2.55. The van der Waals surface area contributed by atoms with Crippen LogP contribution in [0.5, 0.6) is 0 Å². The van der Waals surface area contributed by atoms with E-state index in [4.69, 9.17) is 5.73 Å². The Hall–Kier alpha value is -1.72. The third-order valence-electron chi connectivity index (χ3n) is 2.64. The van der Waals surface area contributed by atoms with E-state index in [0.717, 1.165) is 5.69 Å². The molecule has 0 radical (unpaired) electrons. The zero-order valence-electron chi connectivity index (χ0n) is 11.1. The second kappa shape index (κ2) is 5.07. The third kappa shape index (κ3) is 2.69. The van der Waals surface area contributed by atoms with E-state index in [1.807, 2.05) is 20.8 Å². The first-order chi connectivity index (χ1) is 7.88. The van der Waals surface area contributed by atoms with Crippen molar-refractivity contribution in [1.82, 2.24) is 14.7 Å². The maximum atomic E-state index is 11.8. The number of nitrogens with one attached hydrogen (secondary N) is 1. The number of aryl methyl sites for hydroxylation is 2. The van der Waals surface area contributed by atoms with E-state index in [1.54, 1.807) is 23.7 Å². The van der Waals surface area contributed by atoms with E-state index in [1.165, 1.54) is 0 Å². The Morgan fingerprint density at radius 1 is 1.59 bits per heavy atom. The Morgan fingerprint density at radius 3 is 2.65 bits per heavy atom. The van der Waals surface area contributed by atoms with Crippen molar-refractivity contribution in [2.24, 2.45) is 0 Å². The maximum Gasteiger partial charge on any atom is 0.244 e. The molecule has 1 atom stereocenters. The van der Waals surface area contributed by atoms with Gasteiger partial charge >= 0.3 is 0 Å². The summed E-state index contributed by atoms with van der Waals surface area (Å²) in [5.41, 5.74) is 7.31. The van der Waals surface area contributed by atoms with E-state index >= 15 is 0 Å². The summed E-state index contributed by atoms with van der Waals surface area (Å²) in [6.45, 7) is 6.36. The van der Waals surface area contributed by atoms with E-state index < -0.39 is 0 Å². The molecule has 0 spiro atoms. The van der Waals surface area contributed by atoms with E-state index in [9.17, 15) is 4.79 Å². The number of nitrogens with two attached hydrogens (primary N) is 1. The molecule has 1 aromatic heterocycles. The molecule has 0 aliphatic heterocycles. The molecule has 96 valence electrons. The highest BCUT2D eigenvalue weighted by Crippen LogP contribution is 2.22. The van der Waals surface area contributed by atoms with Gasteiger partial charge in [0.15, 0.2) is 0 Å². The summed E-state index contributed by atoms with van der Waals surface area (Å²) in [5, 5.41) is 7.41. The van der Waals surface area contributed by atoms with Crippen molar-refractivity contribution >= 4 is 17.4 Å². The van der Waals surface area contributed by atoms with Crippen molar-refractivity contribution in [2.75, 3.05) is 25.1 Å². The number of hydrogen-bond donors (Lipinski definition) is 2. The standard InChI is InChI=1S/C11H21N5O/c1-6-16-10(9(12)7(2)14-16)13-8(3)11(17)15(4)5/h8,13H,6,12H2,1-5H3. The Bertz CT molecular complexity index is 410. The lowest BCUT2D eigenvalue weighted by Gasteiger charge is -2.19. The molecule has 0 saturated heterocycles. The lowest BCUT2D eigenvalue weighted by atomic mass is 10.3. The summed E-state index contributed by atoms with van der Waals surface area (Å²) in [6.07, 6.45) is 0. The van der Waals surface area contributed by atoms with E-state index in [2.05, 4.69) is 10.4 Å². The van der Waals surface area contributed by atoms with Crippen molar-refractivity contribution in [1.29, 1.82) is 0 Å². The Labute approximate surface area is 102 Å². The second-order valence-corrected chi connectivity index (χ2v) is 4.26. The first-order valence-electron chi connectivity index (χ1n) is 5.69. The van der Waals surface area contributed by atoms with Gasteiger partial charge in [-0.15, -0.1) is 0 Å². The van der Waals surface area contributed by atoms with Crippen molar-refractivity contribution in [2.45, 2.75) is 33.4 Å². The zero-order chi connectivity index (χ0) is 13.2. The molecule has 0 saturated carbocycles. The summed E-state index contributed by atoms with van der Waals surface area (Å²) in [6, 6.07) is -0.325. The molecule has 0 fully saturated rings. The Kier molecular flexibility index (Phi) is 3.98. The minimum Gasteiger partial charge on any atom is -0.394 e. The number of nitrogens with zero attached hydrogens (tertiary/aromatic N) is 3. The maximum absolute atomic E-state index is 11.8. The number of nitrogen functional groups attached to an aromatic ring is 1. The smallest absolute Gasteiger partial charge is 0.244 e. The fraction of sp³-hybridized carbons (Fsp3) is 0.636. The van der Waals surface area contributed by atoms with E-state index in [0.29, 0.717) is 18.1 Å². The molecule has 17 heavy (non-hydrogen) atoms. The van der Waals surface area contributed by atoms with Gasteiger partial charge in [0.25, 0.3) is 0 Å². The first-order valence-corrected chi connectivity index (χ1v) is 5.69. The van der Waals surface area contributed by atoms with Gasteiger partial charge in [-0.25, -0.2) is 4.68 Å². The van der Waals surface area contributed by atoms with Gasteiger partial charge in [0.2, 0.25) is 5.91 Å². The highest BCUT2D eigenvalue weighted by Gasteiger charge is 2.19. The van der Waals surface area contributed by atoms with Crippen LogP contribution >= 0.6 is 0 Å². The molecule has 6 heteroatoms. The van der Waals surface area contributed by atoms with Crippen molar-refractivity contribution in [3.8, 4) is 0 Å². The fourth-order valence-electron chi connectivity index (χ4n) is 1.63. The monoisotopic (exact) mass is 239 g/mol. The van der Waals surface area contributed by atoms with Gasteiger partial charge in [-0.2, -0.15) is 5.10 Å². The summed E-state index contributed by atoms with van der Waals surface area (Å²) < 4.78 is 1.77. The molecule has 0 aliphatic carbocycles. The Balaban J connectivity index is 2.91. The highest BCUT2D eigenvalue weighted by atomic mass is 16.2. The number of rotatable bonds is 4. The van der Waals surface area contributed by atoms with Crippen LogP contribution in [0.1, 0.15) is 19.5 Å². The van der Waals surface area contributed by atoms with Crippen LogP contribution in [0.25, 0.3) is 0 Å². The number of hydrogen-bond acceptors (Lipinski definition) is 4. The zero-order valence-corrected chi connectivity index (χ0v) is 11.1. The molecule has 0 aliphatic rings. The molecule has 6 nitrogen and oxygen atoms in total. The molecular weight excluding hydrogens is 218 g/mol.